The largest absolute Gasteiger partial charge is 0.330 e. The SMILES string of the molecule is NCC1CCCCC1CNS(=O)(=O)N1CCCCCC1. The molecule has 0 aromatic rings. The highest BCUT2D eigenvalue weighted by Crippen LogP contribution is 2.29. The first-order chi connectivity index (χ1) is 9.63. The summed E-state index contributed by atoms with van der Waals surface area (Å²) in [4.78, 5) is 0. The molecule has 1 saturated carbocycles. The molecule has 0 spiro atoms. The van der Waals surface area contributed by atoms with Gasteiger partial charge in [-0.25, -0.2) is 4.72 Å². The van der Waals surface area contributed by atoms with Gasteiger partial charge in [-0.3, -0.25) is 0 Å². The Labute approximate surface area is 123 Å². The Morgan fingerprint density at radius 3 is 2.15 bits per heavy atom. The third-order valence-corrected chi connectivity index (χ3v) is 6.38. The highest BCUT2D eigenvalue weighted by Gasteiger charge is 2.27. The van der Waals surface area contributed by atoms with Gasteiger partial charge in [0.2, 0.25) is 0 Å². The van der Waals surface area contributed by atoms with Gasteiger partial charge in [-0.05, 0) is 44.1 Å². The molecule has 20 heavy (non-hydrogen) atoms. The van der Waals surface area contributed by atoms with Crippen LogP contribution in [0.2, 0.25) is 0 Å². The Bertz CT molecular complexity index is 378. The lowest BCUT2D eigenvalue weighted by molar-refractivity contribution is 0.243. The summed E-state index contributed by atoms with van der Waals surface area (Å²) in [5.41, 5.74) is 5.81. The van der Waals surface area contributed by atoms with Gasteiger partial charge in [0.15, 0.2) is 0 Å². The van der Waals surface area contributed by atoms with E-state index in [1.165, 1.54) is 12.8 Å². The summed E-state index contributed by atoms with van der Waals surface area (Å²) >= 11 is 0. The van der Waals surface area contributed by atoms with E-state index in [2.05, 4.69) is 4.72 Å². The van der Waals surface area contributed by atoms with E-state index >= 15 is 0 Å². The van der Waals surface area contributed by atoms with Crippen LogP contribution in [0.5, 0.6) is 0 Å². The van der Waals surface area contributed by atoms with Gasteiger partial charge in [0.05, 0.1) is 0 Å². The highest BCUT2D eigenvalue weighted by molar-refractivity contribution is 7.87. The predicted molar refractivity (Wildman–Crippen MR) is 81.5 cm³/mol. The summed E-state index contributed by atoms with van der Waals surface area (Å²) < 4.78 is 29.2. The van der Waals surface area contributed by atoms with Crippen LogP contribution in [0, 0.1) is 11.8 Å². The Balaban J connectivity index is 1.87. The average Bonchev–Trinajstić information content (AvgIpc) is 2.75. The van der Waals surface area contributed by atoms with Crippen LogP contribution in [0.3, 0.4) is 0 Å². The molecule has 0 aromatic heterocycles. The van der Waals surface area contributed by atoms with Gasteiger partial charge in [0, 0.05) is 19.6 Å². The minimum absolute atomic E-state index is 0.413. The second-order valence-corrected chi connectivity index (χ2v) is 7.96. The molecule has 1 heterocycles. The number of nitrogens with two attached hydrogens (primary N) is 1. The van der Waals surface area contributed by atoms with E-state index in [1.54, 1.807) is 4.31 Å². The van der Waals surface area contributed by atoms with E-state index in [0.717, 1.165) is 38.5 Å². The third kappa shape index (κ3) is 4.41. The van der Waals surface area contributed by atoms with Crippen molar-refractivity contribution >= 4 is 10.2 Å². The van der Waals surface area contributed by atoms with E-state index in [4.69, 9.17) is 5.73 Å². The molecular weight excluding hydrogens is 274 g/mol. The zero-order valence-electron chi connectivity index (χ0n) is 12.4. The van der Waals surface area contributed by atoms with E-state index < -0.39 is 10.2 Å². The van der Waals surface area contributed by atoms with E-state index in [9.17, 15) is 8.42 Å². The Kier molecular flexibility index (Phi) is 6.26. The summed E-state index contributed by atoms with van der Waals surface area (Å²) in [6.07, 6.45) is 8.93. The summed E-state index contributed by atoms with van der Waals surface area (Å²) in [5.74, 6) is 0.895. The van der Waals surface area contributed by atoms with E-state index in [0.29, 0.717) is 38.0 Å². The van der Waals surface area contributed by atoms with Crippen LogP contribution in [0.15, 0.2) is 0 Å². The summed E-state index contributed by atoms with van der Waals surface area (Å²) in [5, 5.41) is 0. The first-order valence-electron chi connectivity index (χ1n) is 8.08. The number of nitrogens with one attached hydrogen (secondary N) is 1. The predicted octanol–water partition coefficient (Wildman–Crippen LogP) is 1.46. The van der Waals surface area contributed by atoms with Crippen molar-refractivity contribution in [3.63, 3.8) is 0 Å². The van der Waals surface area contributed by atoms with Crippen molar-refractivity contribution in [2.45, 2.75) is 51.4 Å². The van der Waals surface area contributed by atoms with Crippen LogP contribution in [0.4, 0.5) is 0 Å². The van der Waals surface area contributed by atoms with Gasteiger partial charge in [-0.2, -0.15) is 12.7 Å². The van der Waals surface area contributed by atoms with Gasteiger partial charge in [-0.1, -0.05) is 25.7 Å². The third-order valence-electron chi connectivity index (χ3n) is 4.80. The molecule has 1 aliphatic carbocycles. The maximum Gasteiger partial charge on any atom is 0.279 e. The molecule has 2 atom stereocenters. The fraction of sp³-hybridized carbons (Fsp3) is 1.00. The van der Waals surface area contributed by atoms with Crippen molar-refractivity contribution in [2.24, 2.45) is 17.6 Å². The van der Waals surface area contributed by atoms with Gasteiger partial charge in [-0.15, -0.1) is 0 Å². The molecule has 2 rings (SSSR count). The lowest BCUT2D eigenvalue weighted by Gasteiger charge is -2.31. The molecule has 3 N–H and O–H groups in total. The van der Waals surface area contributed by atoms with Crippen LogP contribution >= 0.6 is 0 Å². The van der Waals surface area contributed by atoms with Crippen LogP contribution in [-0.2, 0) is 10.2 Å². The number of hydrogen-bond acceptors (Lipinski definition) is 3. The van der Waals surface area contributed by atoms with Crippen molar-refractivity contribution in [3.05, 3.63) is 0 Å². The van der Waals surface area contributed by atoms with Gasteiger partial charge >= 0.3 is 0 Å². The molecule has 2 fully saturated rings. The Hall–Kier alpha value is -0.170. The number of rotatable bonds is 5. The van der Waals surface area contributed by atoms with Crippen LogP contribution in [0.25, 0.3) is 0 Å². The van der Waals surface area contributed by atoms with Gasteiger partial charge < -0.3 is 5.73 Å². The smallest absolute Gasteiger partial charge is 0.279 e. The summed E-state index contributed by atoms with van der Waals surface area (Å²) in [6, 6.07) is 0. The first kappa shape index (κ1) is 16.2. The molecule has 1 aliphatic heterocycles. The minimum atomic E-state index is -3.30. The second-order valence-electron chi connectivity index (χ2n) is 6.21. The standard InChI is InChI=1S/C14H29N3O2S/c15-11-13-7-3-4-8-14(13)12-16-20(18,19)17-9-5-1-2-6-10-17/h13-14,16H,1-12,15H2. The quantitative estimate of drug-likeness (QED) is 0.807. The fourth-order valence-corrected chi connectivity index (χ4v) is 4.80. The van der Waals surface area contributed by atoms with Crippen molar-refractivity contribution < 1.29 is 8.42 Å². The highest BCUT2D eigenvalue weighted by atomic mass is 32.2. The monoisotopic (exact) mass is 303 g/mol. The van der Waals surface area contributed by atoms with Crippen LogP contribution in [-0.4, -0.2) is 38.9 Å². The van der Waals surface area contributed by atoms with Crippen molar-refractivity contribution in [1.82, 2.24) is 9.03 Å². The van der Waals surface area contributed by atoms with Gasteiger partial charge in [0.1, 0.15) is 0 Å². The molecular formula is C14H29N3O2S. The molecule has 118 valence electrons. The first-order valence-corrected chi connectivity index (χ1v) is 9.52. The summed E-state index contributed by atoms with van der Waals surface area (Å²) in [6.45, 7) is 2.57. The molecule has 0 aromatic carbocycles. The molecule has 0 radical (unpaired) electrons. The molecule has 6 heteroatoms. The second kappa shape index (κ2) is 7.73. The molecule has 0 amide bonds. The zero-order valence-corrected chi connectivity index (χ0v) is 13.2. The van der Waals surface area contributed by atoms with E-state index in [1.807, 2.05) is 0 Å². The van der Waals surface area contributed by atoms with E-state index in [-0.39, 0.29) is 0 Å². The number of nitrogens with zero attached hydrogens (tertiary/aromatic N) is 1. The fourth-order valence-electron chi connectivity index (χ4n) is 3.45. The topological polar surface area (TPSA) is 75.4 Å². The maximum atomic E-state index is 12.4. The summed E-state index contributed by atoms with van der Waals surface area (Å²) in [7, 11) is -3.30. The molecule has 5 nitrogen and oxygen atoms in total. The number of hydrogen-bond donors (Lipinski definition) is 2. The van der Waals surface area contributed by atoms with Crippen LogP contribution in [0.1, 0.15) is 51.4 Å². The normalized spacial score (nSPS) is 30.1. The maximum absolute atomic E-state index is 12.4. The zero-order chi connectivity index (χ0) is 14.4. The minimum Gasteiger partial charge on any atom is -0.330 e. The molecule has 2 aliphatic rings. The lowest BCUT2D eigenvalue weighted by atomic mass is 9.79. The van der Waals surface area contributed by atoms with Crippen molar-refractivity contribution in [1.29, 1.82) is 0 Å². The van der Waals surface area contributed by atoms with Crippen molar-refractivity contribution in [3.8, 4) is 0 Å². The van der Waals surface area contributed by atoms with Gasteiger partial charge in [0.25, 0.3) is 10.2 Å². The average molecular weight is 303 g/mol. The van der Waals surface area contributed by atoms with Crippen molar-refractivity contribution in [2.75, 3.05) is 26.2 Å². The lowest BCUT2D eigenvalue weighted by Crippen LogP contribution is -2.44. The molecule has 2 unspecified atom stereocenters. The van der Waals surface area contributed by atoms with Crippen LogP contribution < -0.4 is 10.5 Å². The Morgan fingerprint density at radius 1 is 0.950 bits per heavy atom. The molecule has 1 saturated heterocycles. The Morgan fingerprint density at radius 2 is 1.55 bits per heavy atom. The molecule has 0 bridgehead atoms.